The first-order valence-electron chi connectivity index (χ1n) is 9.97. The number of amidine groups is 2. The van der Waals surface area contributed by atoms with Crippen LogP contribution in [-0.2, 0) is 0 Å². The maximum Gasteiger partial charge on any atom is 0.351 e. The normalized spacial score (nSPS) is 19.5. The van der Waals surface area contributed by atoms with Gasteiger partial charge in [0, 0.05) is 22.2 Å². The second-order valence-corrected chi connectivity index (χ2v) is 9.18. The molecule has 0 atom stereocenters. The van der Waals surface area contributed by atoms with E-state index >= 15 is 0 Å². The number of hydrogen-bond acceptors (Lipinski definition) is 2. The molecule has 1 aliphatic rings. The number of urea groups is 2. The number of carbonyl (C=O) groups excluding carboxylic acids is 2. The van der Waals surface area contributed by atoms with Crippen LogP contribution in [0.15, 0.2) is 70.6 Å². The number of nitrogens with zero attached hydrogens (tertiary/aromatic N) is 4. The highest BCUT2D eigenvalue weighted by Gasteiger charge is 2.39. The molecular formula is C24H28N4O2. The van der Waals surface area contributed by atoms with Crippen LogP contribution in [0.1, 0.15) is 52.7 Å². The fourth-order valence-electron chi connectivity index (χ4n) is 3.33. The summed E-state index contributed by atoms with van der Waals surface area (Å²) in [4.78, 5) is 38.9. The van der Waals surface area contributed by atoms with Crippen molar-refractivity contribution in [2.45, 2.75) is 52.6 Å². The molecule has 0 N–H and O–H groups in total. The van der Waals surface area contributed by atoms with E-state index in [2.05, 4.69) is 9.98 Å². The van der Waals surface area contributed by atoms with Crippen molar-refractivity contribution in [3.63, 3.8) is 0 Å². The lowest BCUT2D eigenvalue weighted by molar-refractivity contribution is 0.190. The van der Waals surface area contributed by atoms with E-state index in [0.717, 1.165) is 0 Å². The minimum absolute atomic E-state index is 0.295. The third kappa shape index (κ3) is 4.32. The lowest BCUT2D eigenvalue weighted by Gasteiger charge is -2.40. The molecule has 3 rings (SSSR count). The fraction of sp³-hybridized carbons (Fsp3) is 0.333. The highest BCUT2D eigenvalue weighted by Crippen LogP contribution is 2.26. The van der Waals surface area contributed by atoms with Gasteiger partial charge in [-0.05, 0) is 41.5 Å². The van der Waals surface area contributed by atoms with E-state index in [1.165, 1.54) is 9.80 Å². The number of amides is 4. The molecule has 6 nitrogen and oxygen atoms in total. The summed E-state index contributed by atoms with van der Waals surface area (Å²) in [7, 11) is 0. The minimum Gasteiger partial charge on any atom is -0.271 e. The molecule has 0 saturated carbocycles. The molecule has 0 saturated heterocycles. The van der Waals surface area contributed by atoms with Gasteiger partial charge >= 0.3 is 12.1 Å². The molecule has 0 unspecified atom stereocenters. The molecule has 1 heterocycles. The Balaban J connectivity index is 2.29. The quantitative estimate of drug-likeness (QED) is 0.678. The van der Waals surface area contributed by atoms with Crippen molar-refractivity contribution in [3.05, 3.63) is 71.8 Å². The largest absolute Gasteiger partial charge is 0.351 e. The lowest BCUT2D eigenvalue weighted by atomic mass is 10.0. The van der Waals surface area contributed by atoms with Crippen LogP contribution < -0.4 is 0 Å². The Morgan fingerprint density at radius 2 is 0.867 bits per heavy atom. The van der Waals surface area contributed by atoms with E-state index in [0.29, 0.717) is 22.8 Å². The van der Waals surface area contributed by atoms with Crippen LogP contribution in [-0.4, -0.2) is 44.6 Å². The summed E-state index contributed by atoms with van der Waals surface area (Å²) in [5.74, 6) is 0.589. The van der Waals surface area contributed by atoms with Crippen molar-refractivity contribution in [2.75, 3.05) is 0 Å². The minimum atomic E-state index is -0.638. The average molecular weight is 405 g/mol. The van der Waals surface area contributed by atoms with Crippen molar-refractivity contribution in [2.24, 2.45) is 9.98 Å². The Morgan fingerprint density at radius 1 is 0.567 bits per heavy atom. The first kappa shape index (κ1) is 21.4. The topological polar surface area (TPSA) is 65.3 Å². The first-order valence-corrected chi connectivity index (χ1v) is 9.97. The molecule has 0 spiro atoms. The molecule has 156 valence electrons. The van der Waals surface area contributed by atoms with Crippen molar-refractivity contribution in [1.29, 1.82) is 0 Å². The highest BCUT2D eigenvalue weighted by atomic mass is 16.2. The smallest absolute Gasteiger partial charge is 0.271 e. The first-order chi connectivity index (χ1) is 14.0. The van der Waals surface area contributed by atoms with Crippen molar-refractivity contribution >= 4 is 23.7 Å². The van der Waals surface area contributed by atoms with Gasteiger partial charge in [0.05, 0.1) is 0 Å². The second-order valence-electron chi connectivity index (χ2n) is 9.18. The van der Waals surface area contributed by atoms with Crippen LogP contribution in [0.5, 0.6) is 0 Å². The SMILES string of the molecule is CC(C)(C)N1C(=O)/N=C(/c2ccccc2)N(C(C)(C)C)C(=O)/N=C\1c1ccccc1. The zero-order valence-corrected chi connectivity index (χ0v) is 18.4. The lowest BCUT2D eigenvalue weighted by Crippen LogP contribution is -2.55. The van der Waals surface area contributed by atoms with Gasteiger partial charge in [-0.1, -0.05) is 60.7 Å². The van der Waals surface area contributed by atoms with Gasteiger partial charge in [0.2, 0.25) is 0 Å². The zero-order chi connectivity index (χ0) is 22.1. The summed E-state index contributed by atoms with van der Waals surface area (Å²) in [5, 5.41) is 0. The molecule has 0 bridgehead atoms. The third-order valence-electron chi connectivity index (χ3n) is 4.61. The molecule has 0 aromatic heterocycles. The molecular weight excluding hydrogens is 376 g/mol. The molecule has 2 aromatic rings. The van der Waals surface area contributed by atoms with E-state index in [9.17, 15) is 9.59 Å². The summed E-state index contributed by atoms with van der Waals surface area (Å²) in [6.45, 7) is 11.4. The van der Waals surface area contributed by atoms with Gasteiger partial charge in [-0.3, -0.25) is 9.80 Å². The average Bonchev–Trinajstić information content (AvgIpc) is 2.65. The Hall–Kier alpha value is -3.28. The second kappa shape index (κ2) is 7.86. The van der Waals surface area contributed by atoms with Crippen molar-refractivity contribution in [1.82, 2.24) is 9.80 Å². The fourth-order valence-corrected chi connectivity index (χ4v) is 3.33. The molecule has 2 aromatic carbocycles. The maximum absolute atomic E-state index is 13.5. The summed E-state index contributed by atoms with van der Waals surface area (Å²) in [6, 6.07) is 17.6. The molecule has 0 radical (unpaired) electrons. The van der Waals surface area contributed by atoms with Gasteiger partial charge in [-0.15, -0.1) is 0 Å². The van der Waals surface area contributed by atoms with E-state index in [1.807, 2.05) is 102 Å². The Kier molecular flexibility index (Phi) is 5.61. The van der Waals surface area contributed by atoms with Crippen LogP contribution in [0, 0.1) is 0 Å². The summed E-state index contributed by atoms with van der Waals surface area (Å²) in [6.07, 6.45) is 0. The zero-order valence-electron chi connectivity index (χ0n) is 18.4. The van der Waals surface area contributed by atoms with Crippen LogP contribution in [0.4, 0.5) is 9.59 Å². The third-order valence-corrected chi connectivity index (χ3v) is 4.61. The molecule has 0 aliphatic carbocycles. The van der Waals surface area contributed by atoms with Gasteiger partial charge in [0.1, 0.15) is 11.7 Å². The monoisotopic (exact) mass is 404 g/mol. The van der Waals surface area contributed by atoms with E-state index in [-0.39, 0.29) is 0 Å². The highest BCUT2D eigenvalue weighted by molar-refractivity contribution is 6.20. The maximum atomic E-state index is 13.5. The molecule has 1 aliphatic heterocycles. The standard InChI is InChI=1S/C24H28N4O2/c1-23(2,3)27-19(17-13-9-7-10-14-17)25-22(30)28(24(4,5)6)20(26-21(27)29)18-15-11-8-12-16-18/h7-16H,1-6H3/b25-19-,26-20-. The van der Waals surface area contributed by atoms with Gasteiger partial charge in [0.15, 0.2) is 0 Å². The van der Waals surface area contributed by atoms with Gasteiger partial charge in [-0.25, -0.2) is 9.59 Å². The molecule has 0 fully saturated rings. The van der Waals surface area contributed by atoms with Crippen LogP contribution >= 0.6 is 0 Å². The number of hydrogen-bond donors (Lipinski definition) is 0. The Bertz CT molecular complexity index is 913. The molecule has 6 heteroatoms. The summed E-state index contributed by atoms with van der Waals surface area (Å²) >= 11 is 0. The van der Waals surface area contributed by atoms with E-state index in [1.54, 1.807) is 0 Å². The van der Waals surface area contributed by atoms with Crippen molar-refractivity contribution < 1.29 is 9.59 Å². The predicted molar refractivity (Wildman–Crippen MR) is 120 cm³/mol. The van der Waals surface area contributed by atoms with Gasteiger partial charge in [-0.2, -0.15) is 9.98 Å². The van der Waals surface area contributed by atoms with Crippen LogP contribution in [0.2, 0.25) is 0 Å². The van der Waals surface area contributed by atoms with Crippen LogP contribution in [0.3, 0.4) is 0 Å². The Labute approximate surface area is 177 Å². The van der Waals surface area contributed by atoms with E-state index in [4.69, 9.17) is 0 Å². The van der Waals surface area contributed by atoms with Gasteiger partial charge < -0.3 is 0 Å². The number of aliphatic imine (C=N–C) groups is 2. The molecule has 4 amide bonds. The van der Waals surface area contributed by atoms with E-state index < -0.39 is 23.1 Å². The van der Waals surface area contributed by atoms with Gasteiger partial charge in [0.25, 0.3) is 0 Å². The van der Waals surface area contributed by atoms with Crippen molar-refractivity contribution in [3.8, 4) is 0 Å². The summed E-state index contributed by atoms with van der Waals surface area (Å²) < 4.78 is 0. The number of carbonyl (C=O) groups is 2. The summed E-state index contributed by atoms with van der Waals surface area (Å²) in [5.41, 5.74) is 0.0883. The Morgan fingerprint density at radius 3 is 1.13 bits per heavy atom. The van der Waals surface area contributed by atoms with Crippen LogP contribution in [0.25, 0.3) is 0 Å². The number of benzene rings is 2. The predicted octanol–water partition coefficient (Wildman–Crippen LogP) is 5.33. The number of rotatable bonds is 2. The molecule has 30 heavy (non-hydrogen) atoms.